The highest BCUT2D eigenvalue weighted by molar-refractivity contribution is 6.09. The number of rotatable bonds is 3. The molecule has 2 aromatic rings. The van der Waals surface area contributed by atoms with Crippen LogP contribution in [0.1, 0.15) is 24.5 Å². The molecule has 0 bridgehead atoms. The van der Waals surface area contributed by atoms with Crippen LogP contribution < -0.4 is 4.90 Å². The minimum absolute atomic E-state index is 0.0462. The summed E-state index contributed by atoms with van der Waals surface area (Å²) >= 11 is 0. The number of carbonyl (C=O) groups excluding carboxylic acids is 2. The fraction of sp³-hybridized carbons (Fsp3) is 0.333. The van der Waals surface area contributed by atoms with E-state index in [0.717, 1.165) is 17.7 Å². The van der Waals surface area contributed by atoms with Gasteiger partial charge >= 0.3 is 0 Å². The number of nitrogens with zero attached hydrogens (tertiary/aromatic N) is 2. The molecule has 0 N–H and O–H groups in total. The lowest BCUT2D eigenvalue weighted by Crippen LogP contribution is -2.43. The summed E-state index contributed by atoms with van der Waals surface area (Å²) in [6.45, 7) is 3.40. The van der Waals surface area contributed by atoms with E-state index < -0.39 is 5.41 Å². The number of amides is 2. The Hall–Kier alpha value is -2.62. The Bertz CT molecular complexity index is 818. The van der Waals surface area contributed by atoms with Crippen molar-refractivity contribution in [1.29, 1.82) is 0 Å². The lowest BCUT2D eigenvalue weighted by Gasteiger charge is -2.24. The van der Waals surface area contributed by atoms with Gasteiger partial charge in [0, 0.05) is 32.2 Å². The molecule has 4 nitrogen and oxygen atoms in total. The van der Waals surface area contributed by atoms with Crippen molar-refractivity contribution in [3.05, 3.63) is 65.7 Å². The third kappa shape index (κ3) is 2.53. The maximum Gasteiger partial charge on any atom is 0.239 e. The normalized spacial score (nSPS) is 21.9. The molecule has 4 heteroatoms. The second-order valence-electron chi connectivity index (χ2n) is 6.98. The van der Waals surface area contributed by atoms with Gasteiger partial charge in [0.05, 0.1) is 5.41 Å². The third-order valence-corrected chi connectivity index (χ3v) is 5.55. The van der Waals surface area contributed by atoms with E-state index in [9.17, 15) is 9.59 Å². The molecule has 1 spiro atoms. The predicted molar refractivity (Wildman–Crippen MR) is 97.5 cm³/mol. The van der Waals surface area contributed by atoms with Crippen LogP contribution in [0, 0.1) is 0 Å². The molecule has 0 radical (unpaired) electrons. The van der Waals surface area contributed by atoms with Crippen LogP contribution in [-0.4, -0.2) is 36.3 Å². The predicted octanol–water partition coefficient (Wildman–Crippen LogP) is 2.77. The first-order valence-corrected chi connectivity index (χ1v) is 8.83. The number of para-hydroxylation sites is 1. The van der Waals surface area contributed by atoms with Crippen LogP contribution in [-0.2, 0) is 21.4 Å². The van der Waals surface area contributed by atoms with Crippen molar-refractivity contribution < 1.29 is 9.59 Å². The van der Waals surface area contributed by atoms with Crippen molar-refractivity contribution in [1.82, 2.24) is 4.90 Å². The zero-order valence-electron chi connectivity index (χ0n) is 14.4. The molecule has 1 unspecified atom stereocenters. The summed E-state index contributed by atoms with van der Waals surface area (Å²) in [5.41, 5.74) is 2.76. The highest BCUT2D eigenvalue weighted by Gasteiger charge is 2.54. The lowest BCUT2D eigenvalue weighted by molar-refractivity contribution is -0.128. The van der Waals surface area contributed by atoms with E-state index in [0.29, 0.717) is 26.1 Å². The topological polar surface area (TPSA) is 40.6 Å². The zero-order valence-corrected chi connectivity index (χ0v) is 14.4. The van der Waals surface area contributed by atoms with E-state index in [-0.39, 0.29) is 11.8 Å². The second kappa shape index (κ2) is 6.03. The molecule has 128 valence electrons. The van der Waals surface area contributed by atoms with Crippen molar-refractivity contribution in [3.63, 3.8) is 0 Å². The van der Waals surface area contributed by atoms with Gasteiger partial charge < -0.3 is 9.80 Å². The van der Waals surface area contributed by atoms with Crippen LogP contribution >= 0.6 is 0 Å². The molecule has 0 aliphatic carbocycles. The van der Waals surface area contributed by atoms with Gasteiger partial charge in [-0.2, -0.15) is 0 Å². The van der Waals surface area contributed by atoms with E-state index in [4.69, 9.17) is 0 Å². The largest absolute Gasteiger partial charge is 0.341 e. The van der Waals surface area contributed by atoms with Gasteiger partial charge in [0.25, 0.3) is 0 Å². The standard InChI is InChI=1S/C21H22N2O2/c1-16(24)22-14-12-21(15-22)18-9-5-6-10-19(18)23(20(21)25)13-11-17-7-3-2-4-8-17/h2-10H,11-15H2,1H3. The molecule has 4 rings (SSSR count). The summed E-state index contributed by atoms with van der Waals surface area (Å²) < 4.78 is 0. The first kappa shape index (κ1) is 15.9. The minimum Gasteiger partial charge on any atom is -0.341 e. The van der Waals surface area contributed by atoms with Crippen molar-refractivity contribution in [2.45, 2.75) is 25.2 Å². The van der Waals surface area contributed by atoms with Gasteiger partial charge in [-0.3, -0.25) is 9.59 Å². The number of benzene rings is 2. The lowest BCUT2D eigenvalue weighted by atomic mass is 9.81. The molecular weight excluding hydrogens is 312 g/mol. The first-order chi connectivity index (χ1) is 12.1. The van der Waals surface area contributed by atoms with Gasteiger partial charge in [-0.05, 0) is 30.0 Å². The molecule has 0 saturated carbocycles. The maximum absolute atomic E-state index is 13.4. The molecule has 25 heavy (non-hydrogen) atoms. The van der Waals surface area contributed by atoms with Crippen molar-refractivity contribution in [2.75, 3.05) is 24.5 Å². The Morgan fingerprint density at radius 1 is 1.08 bits per heavy atom. The third-order valence-electron chi connectivity index (χ3n) is 5.55. The molecule has 2 aliphatic rings. The number of fused-ring (bicyclic) bond motifs is 2. The SMILES string of the molecule is CC(=O)N1CCC2(C1)C(=O)N(CCc1ccccc1)c1ccccc12. The van der Waals surface area contributed by atoms with Gasteiger partial charge in [-0.1, -0.05) is 48.5 Å². The summed E-state index contributed by atoms with van der Waals surface area (Å²) in [5.74, 6) is 0.193. The quantitative estimate of drug-likeness (QED) is 0.866. The van der Waals surface area contributed by atoms with Crippen molar-refractivity contribution in [3.8, 4) is 0 Å². The van der Waals surface area contributed by atoms with E-state index in [1.54, 1.807) is 11.8 Å². The molecule has 2 aliphatic heterocycles. The highest BCUT2D eigenvalue weighted by Crippen LogP contribution is 2.47. The number of hydrogen-bond acceptors (Lipinski definition) is 2. The number of anilines is 1. The first-order valence-electron chi connectivity index (χ1n) is 8.83. The van der Waals surface area contributed by atoms with Gasteiger partial charge in [0.1, 0.15) is 0 Å². The van der Waals surface area contributed by atoms with E-state index >= 15 is 0 Å². The Labute approximate surface area is 148 Å². The fourth-order valence-electron chi connectivity index (χ4n) is 4.18. The highest BCUT2D eigenvalue weighted by atomic mass is 16.2. The van der Waals surface area contributed by atoms with E-state index in [2.05, 4.69) is 18.2 Å². The zero-order chi connectivity index (χ0) is 17.4. The maximum atomic E-state index is 13.4. The number of likely N-dealkylation sites (tertiary alicyclic amines) is 1. The van der Waals surface area contributed by atoms with Gasteiger partial charge in [-0.25, -0.2) is 0 Å². The summed E-state index contributed by atoms with van der Waals surface area (Å²) in [5, 5.41) is 0. The van der Waals surface area contributed by atoms with Gasteiger partial charge in [0.2, 0.25) is 11.8 Å². The van der Waals surface area contributed by atoms with Crippen LogP contribution in [0.25, 0.3) is 0 Å². The Kier molecular flexibility index (Phi) is 3.83. The average Bonchev–Trinajstić information content (AvgIpc) is 3.18. The van der Waals surface area contributed by atoms with Crippen molar-refractivity contribution >= 4 is 17.5 Å². The van der Waals surface area contributed by atoms with Crippen LogP contribution in [0.4, 0.5) is 5.69 Å². The van der Waals surface area contributed by atoms with Crippen LogP contribution in [0.15, 0.2) is 54.6 Å². The molecule has 1 fully saturated rings. The molecule has 1 saturated heterocycles. The van der Waals surface area contributed by atoms with E-state index in [1.165, 1.54) is 5.56 Å². The average molecular weight is 334 g/mol. The minimum atomic E-state index is -0.557. The number of carbonyl (C=O) groups is 2. The van der Waals surface area contributed by atoms with Crippen LogP contribution in [0.3, 0.4) is 0 Å². The monoisotopic (exact) mass is 334 g/mol. The van der Waals surface area contributed by atoms with E-state index in [1.807, 2.05) is 41.3 Å². The Morgan fingerprint density at radius 2 is 1.80 bits per heavy atom. The van der Waals surface area contributed by atoms with Crippen molar-refractivity contribution in [2.24, 2.45) is 0 Å². The smallest absolute Gasteiger partial charge is 0.239 e. The van der Waals surface area contributed by atoms with Crippen LogP contribution in [0.5, 0.6) is 0 Å². The summed E-state index contributed by atoms with van der Waals surface area (Å²) in [7, 11) is 0. The Morgan fingerprint density at radius 3 is 2.52 bits per heavy atom. The Balaban J connectivity index is 1.64. The summed E-state index contributed by atoms with van der Waals surface area (Å²) in [6, 6.07) is 18.3. The number of hydrogen-bond donors (Lipinski definition) is 0. The molecule has 2 aromatic carbocycles. The van der Waals surface area contributed by atoms with Crippen LogP contribution in [0.2, 0.25) is 0 Å². The molecule has 0 aromatic heterocycles. The summed E-state index contributed by atoms with van der Waals surface area (Å²) in [4.78, 5) is 28.9. The molecule has 1 atom stereocenters. The van der Waals surface area contributed by atoms with Gasteiger partial charge in [-0.15, -0.1) is 0 Å². The molecule has 2 heterocycles. The summed E-state index contributed by atoms with van der Waals surface area (Å²) in [6.07, 6.45) is 1.54. The van der Waals surface area contributed by atoms with Gasteiger partial charge in [0.15, 0.2) is 0 Å². The second-order valence-corrected chi connectivity index (χ2v) is 6.98. The fourth-order valence-corrected chi connectivity index (χ4v) is 4.18. The molecular formula is C21H22N2O2. The molecule has 2 amide bonds.